The number of allylic oxidation sites excluding steroid dienone is 3. The van der Waals surface area contributed by atoms with Crippen molar-refractivity contribution < 1.29 is 19.2 Å². The summed E-state index contributed by atoms with van der Waals surface area (Å²) in [5.74, 6) is -1.48. The molecular weight excluding hydrogens is 324 g/mol. The molecule has 0 bridgehead atoms. The monoisotopic (exact) mass is 342 g/mol. The van der Waals surface area contributed by atoms with Crippen LogP contribution in [-0.2, 0) is 14.3 Å². The maximum atomic E-state index is 12.6. The van der Waals surface area contributed by atoms with E-state index in [1.807, 2.05) is 0 Å². The number of dihydropyridines is 1. The number of nitrogens with zero attached hydrogens (tertiary/aromatic N) is 1. The second-order valence-electron chi connectivity index (χ2n) is 6.07. The van der Waals surface area contributed by atoms with E-state index >= 15 is 0 Å². The number of rotatable bonds is 3. The topological polar surface area (TPSA) is 98.5 Å². The molecule has 130 valence electrons. The van der Waals surface area contributed by atoms with Crippen LogP contribution < -0.4 is 5.32 Å². The van der Waals surface area contributed by atoms with Gasteiger partial charge < -0.3 is 10.1 Å². The largest absolute Gasteiger partial charge is 0.466 e. The summed E-state index contributed by atoms with van der Waals surface area (Å²) < 4.78 is 4.89. The number of carbonyl (C=O) groups excluding carboxylic acids is 2. The van der Waals surface area contributed by atoms with Crippen molar-refractivity contribution in [1.29, 1.82) is 0 Å². The van der Waals surface area contributed by atoms with Crippen LogP contribution in [0.5, 0.6) is 0 Å². The Morgan fingerprint density at radius 3 is 2.72 bits per heavy atom. The van der Waals surface area contributed by atoms with Crippen LogP contribution >= 0.6 is 0 Å². The molecule has 0 amide bonds. The zero-order valence-electron chi connectivity index (χ0n) is 14.0. The highest BCUT2D eigenvalue weighted by molar-refractivity contribution is 6.04. The van der Waals surface area contributed by atoms with Crippen molar-refractivity contribution >= 4 is 17.4 Å². The highest BCUT2D eigenvalue weighted by Crippen LogP contribution is 2.44. The predicted molar refractivity (Wildman–Crippen MR) is 89.6 cm³/mol. The van der Waals surface area contributed by atoms with Crippen molar-refractivity contribution in [2.75, 3.05) is 7.11 Å². The maximum Gasteiger partial charge on any atom is 0.336 e. The molecule has 0 saturated heterocycles. The lowest BCUT2D eigenvalue weighted by Gasteiger charge is -2.33. The normalized spacial score (nSPS) is 20.1. The molecular formula is C18H18N2O5. The maximum absolute atomic E-state index is 12.6. The van der Waals surface area contributed by atoms with Crippen LogP contribution in [0.3, 0.4) is 0 Å². The molecule has 7 nitrogen and oxygen atoms in total. The van der Waals surface area contributed by atoms with Crippen LogP contribution in [0.25, 0.3) is 0 Å². The quantitative estimate of drug-likeness (QED) is 0.515. The molecule has 3 rings (SSSR count). The van der Waals surface area contributed by atoms with Crippen molar-refractivity contribution in [2.24, 2.45) is 0 Å². The number of benzene rings is 1. The molecule has 0 unspecified atom stereocenters. The van der Waals surface area contributed by atoms with E-state index in [0.29, 0.717) is 29.7 Å². The SMILES string of the molecule is COC(=O)C1=C(C)NC2=C(C(=O)CCC2)[C@@H]1c1ccccc1[N+](=O)[O-]. The molecule has 1 aromatic carbocycles. The molecule has 2 aliphatic rings. The minimum absolute atomic E-state index is 0.0918. The molecule has 0 aromatic heterocycles. The number of methoxy groups -OCH3 is 1. The Morgan fingerprint density at radius 2 is 2.04 bits per heavy atom. The third-order valence-electron chi connectivity index (χ3n) is 4.63. The van der Waals surface area contributed by atoms with Gasteiger partial charge in [-0.25, -0.2) is 4.79 Å². The molecule has 1 N–H and O–H groups in total. The molecule has 0 spiro atoms. The standard InChI is InChI=1S/C18H18N2O5/c1-10-15(18(22)25-2)16(11-6-3-4-8-13(11)20(23)24)17-12(19-10)7-5-9-14(17)21/h3-4,6,8,16,19H,5,7,9H2,1-2H3/t16-/m1/s1. The average Bonchev–Trinajstić information content (AvgIpc) is 2.60. The van der Waals surface area contributed by atoms with Crippen LogP contribution in [0.1, 0.15) is 37.7 Å². The molecule has 7 heteroatoms. The van der Waals surface area contributed by atoms with Crippen molar-refractivity contribution in [3.8, 4) is 0 Å². The van der Waals surface area contributed by atoms with Gasteiger partial charge in [-0.05, 0) is 19.8 Å². The highest BCUT2D eigenvalue weighted by atomic mass is 16.6. The van der Waals surface area contributed by atoms with Crippen LogP contribution in [0, 0.1) is 10.1 Å². The van der Waals surface area contributed by atoms with Gasteiger partial charge in [-0.2, -0.15) is 0 Å². The zero-order valence-corrected chi connectivity index (χ0v) is 14.0. The number of Topliss-reactive ketones (excluding diaryl/α,β-unsaturated/α-hetero) is 1. The Labute approximate surface area is 144 Å². The first-order chi connectivity index (χ1) is 12.0. The minimum atomic E-state index is -0.793. The number of esters is 1. The summed E-state index contributed by atoms with van der Waals surface area (Å²) in [5, 5.41) is 14.6. The number of hydrogen-bond donors (Lipinski definition) is 1. The van der Waals surface area contributed by atoms with Gasteiger partial charge in [0.15, 0.2) is 5.78 Å². The lowest BCUT2D eigenvalue weighted by atomic mass is 9.75. The van der Waals surface area contributed by atoms with Crippen molar-refractivity contribution in [3.05, 3.63) is 62.5 Å². The molecule has 1 atom stereocenters. The first-order valence-corrected chi connectivity index (χ1v) is 8.01. The lowest BCUT2D eigenvalue weighted by molar-refractivity contribution is -0.385. The van der Waals surface area contributed by atoms with Gasteiger partial charge in [0.05, 0.1) is 23.5 Å². The number of ether oxygens (including phenoxy) is 1. The van der Waals surface area contributed by atoms with E-state index in [0.717, 1.165) is 12.1 Å². The van der Waals surface area contributed by atoms with E-state index in [1.165, 1.54) is 13.2 Å². The Balaban J connectivity index is 2.28. The van der Waals surface area contributed by atoms with Crippen molar-refractivity contribution in [2.45, 2.75) is 32.1 Å². The summed E-state index contributed by atoms with van der Waals surface area (Å²) in [4.78, 5) is 36.0. The summed E-state index contributed by atoms with van der Waals surface area (Å²) in [7, 11) is 1.26. The summed E-state index contributed by atoms with van der Waals surface area (Å²) in [6, 6.07) is 6.21. The third-order valence-corrected chi connectivity index (χ3v) is 4.63. The van der Waals surface area contributed by atoms with Gasteiger partial charge in [0.2, 0.25) is 0 Å². The summed E-state index contributed by atoms with van der Waals surface area (Å²) in [6.45, 7) is 1.72. The fourth-order valence-corrected chi connectivity index (χ4v) is 3.57. The molecule has 0 radical (unpaired) electrons. The number of carbonyl (C=O) groups is 2. The predicted octanol–water partition coefficient (Wildman–Crippen LogP) is 2.74. The number of hydrogen-bond acceptors (Lipinski definition) is 6. The van der Waals surface area contributed by atoms with Gasteiger partial charge in [0.1, 0.15) is 0 Å². The molecule has 1 aliphatic heterocycles. The van der Waals surface area contributed by atoms with Gasteiger partial charge in [-0.3, -0.25) is 14.9 Å². The van der Waals surface area contributed by atoms with Gasteiger partial charge in [-0.15, -0.1) is 0 Å². The fraction of sp³-hybridized carbons (Fsp3) is 0.333. The average molecular weight is 342 g/mol. The molecule has 0 fully saturated rings. The van der Waals surface area contributed by atoms with E-state index in [9.17, 15) is 19.7 Å². The number of para-hydroxylation sites is 1. The number of nitro benzene ring substituents is 1. The summed E-state index contributed by atoms with van der Waals surface area (Å²) >= 11 is 0. The van der Waals surface area contributed by atoms with E-state index < -0.39 is 16.8 Å². The van der Waals surface area contributed by atoms with Crippen LogP contribution in [-0.4, -0.2) is 23.8 Å². The molecule has 0 saturated carbocycles. The Kier molecular flexibility index (Phi) is 4.39. The van der Waals surface area contributed by atoms with Gasteiger partial charge in [0, 0.05) is 35.0 Å². The van der Waals surface area contributed by atoms with Crippen LogP contribution in [0.15, 0.2) is 46.8 Å². The summed E-state index contributed by atoms with van der Waals surface area (Å²) in [6.07, 6.45) is 1.75. The van der Waals surface area contributed by atoms with E-state index in [1.54, 1.807) is 25.1 Å². The van der Waals surface area contributed by atoms with Gasteiger partial charge in [0.25, 0.3) is 5.69 Å². The first kappa shape index (κ1) is 16.9. The Hall–Kier alpha value is -2.96. The first-order valence-electron chi connectivity index (χ1n) is 8.01. The van der Waals surface area contributed by atoms with E-state index in [2.05, 4.69) is 5.32 Å². The van der Waals surface area contributed by atoms with E-state index in [4.69, 9.17) is 4.74 Å². The second kappa shape index (κ2) is 6.51. The van der Waals surface area contributed by atoms with E-state index in [-0.39, 0.29) is 17.0 Å². The lowest BCUT2D eigenvalue weighted by Crippen LogP contribution is -2.34. The Morgan fingerprint density at radius 1 is 1.32 bits per heavy atom. The third kappa shape index (κ3) is 2.82. The smallest absolute Gasteiger partial charge is 0.336 e. The molecule has 1 aliphatic carbocycles. The summed E-state index contributed by atoms with van der Waals surface area (Å²) in [5.41, 5.74) is 2.19. The number of nitro groups is 1. The molecule has 25 heavy (non-hydrogen) atoms. The minimum Gasteiger partial charge on any atom is -0.466 e. The van der Waals surface area contributed by atoms with Crippen molar-refractivity contribution in [1.82, 2.24) is 5.32 Å². The van der Waals surface area contributed by atoms with Crippen LogP contribution in [0.4, 0.5) is 5.69 Å². The molecule has 1 heterocycles. The Bertz CT molecular complexity index is 838. The molecule has 1 aromatic rings. The fourth-order valence-electron chi connectivity index (χ4n) is 3.57. The zero-order chi connectivity index (χ0) is 18.1. The number of nitrogens with one attached hydrogen (secondary N) is 1. The van der Waals surface area contributed by atoms with Crippen molar-refractivity contribution in [3.63, 3.8) is 0 Å². The second-order valence-corrected chi connectivity index (χ2v) is 6.07. The van der Waals surface area contributed by atoms with Gasteiger partial charge in [-0.1, -0.05) is 18.2 Å². The highest BCUT2D eigenvalue weighted by Gasteiger charge is 2.41. The van der Waals surface area contributed by atoms with Crippen LogP contribution in [0.2, 0.25) is 0 Å². The number of ketones is 1. The van der Waals surface area contributed by atoms with Gasteiger partial charge >= 0.3 is 5.97 Å².